The van der Waals surface area contributed by atoms with Gasteiger partial charge in [0.2, 0.25) is 0 Å². The molecule has 5 rings (SSSR count). The van der Waals surface area contributed by atoms with Gasteiger partial charge in [-0.2, -0.15) is 0 Å². The van der Waals surface area contributed by atoms with Crippen molar-refractivity contribution in [3.8, 4) is 11.4 Å². The van der Waals surface area contributed by atoms with E-state index in [-0.39, 0.29) is 5.82 Å². The Labute approximate surface area is 197 Å². The first-order valence-electron chi connectivity index (χ1n) is 11.3. The standard InChI is InChI=1S/C26H27FN4O3/c1-17-15-30(16-28-17)23-11-6-19(14-24(23)33-3)13-20-5-4-12-31-25(20)29-34-26(31,18(2)32)21-7-9-22(27)10-8-21/h6-11,13-16,18,32H,4-5,12H2,1-3H3/b20-13+/t18-,26+/m0/s1. The monoisotopic (exact) mass is 462 g/mol. The van der Waals surface area contributed by atoms with E-state index >= 15 is 0 Å². The van der Waals surface area contributed by atoms with E-state index in [1.54, 1.807) is 32.5 Å². The Morgan fingerprint density at radius 2 is 2.03 bits per heavy atom. The maximum absolute atomic E-state index is 13.6. The normalized spacial score (nSPS) is 21.7. The van der Waals surface area contributed by atoms with Crippen molar-refractivity contribution in [3.63, 3.8) is 0 Å². The van der Waals surface area contributed by atoms with Crippen LogP contribution in [-0.2, 0) is 10.6 Å². The molecule has 2 aliphatic heterocycles. The lowest BCUT2D eigenvalue weighted by atomic mass is 9.91. The van der Waals surface area contributed by atoms with Gasteiger partial charge in [0.05, 0.1) is 24.8 Å². The molecule has 0 bridgehead atoms. The summed E-state index contributed by atoms with van der Waals surface area (Å²) in [5.41, 5.74) is 3.27. The first-order valence-corrected chi connectivity index (χ1v) is 11.3. The number of rotatable bonds is 5. The second-order valence-electron chi connectivity index (χ2n) is 8.66. The number of ether oxygens (including phenoxy) is 1. The number of nitrogens with zero attached hydrogens (tertiary/aromatic N) is 4. The number of aliphatic hydroxyl groups excluding tert-OH is 1. The molecule has 176 valence electrons. The topological polar surface area (TPSA) is 72.1 Å². The second-order valence-corrected chi connectivity index (χ2v) is 8.66. The van der Waals surface area contributed by atoms with E-state index < -0.39 is 11.8 Å². The summed E-state index contributed by atoms with van der Waals surface area (Å²) in [5.74, 6) is 1.07. The molecule has 1 aromatic heterocycles. The van der Waals surface area contributed by atoms with E-state index in [2.05, 4.69) is 16.2 Å². The SMILES string of the molecule is COc1cc(/C=C2\CCCN3C2=NO[C@@]3(c2ccc(F)cc2)[C@H](C)O)ccc1-n1cnc(C)c1. The van der Waals surface area contributed by atoms with Crippen molar-refractivity contribution in [2.45, 2.75) is 38.5 Å². The van der Waals surface area contributed by atoms with Crippen LogP contribution in [0.1, 0.15) is 36.6 Å². The Balaban J connectivity index is 1.49. The number of aliphatic hydroxyl groups is 1. The molecule has 0 unspecified atom stereocenters. The molecule has 8 heteroatoms. The molecule has 34 heavy (non-hydrogen) atoms. The Morgan fingerprint density at radius 3 is 2.71 bits per heavy atom. The van der Waals surface area contributed by atoms with Crippen molar-refractivity contribution in [1.82, 2.24) is 14.5 Å². The lowest BCUT2D eigenvalue weighted by molar-refractivity contribution is -0.173. The average molecular weight is 463 g/mol. The fraction of sp³-hybridized carbons (Fsp3) is 0.308. The van der Waals surface area contributed by atoms with Crippen molar-refractivity contribution < 1.29 is 19.1 Å². The minimum Gasteiger partial charge on any atom is -0.495 e. The van der Waals surface area contributed by atoms with Gasteiger partial charge in [-0.05, 0) is 80.3 Å². The Hall–Kier alpha value is -3.65. The molecule has 7 nitrogen and oxygen atoms in total. The quantitative estimate of drug-likeness (QED) is 0.609. The molecule has 3 aromatic rings. The van der Waals surface area contributed by atoms with Crippen LogP contribution in [0.25, 0.3) is 11.8 Å². The van der Waals surface area contributed by atoms with Crippen LogP contribution in [0, 0.1) is 12.7 Å². The molecule has 2 atom stereocenters. The summed E-state index contributed by atoms with van der Waals surface area (Å²) in [5, 5.41) is 15.2. The third-order valence-electron chi connectivity index (χ3n) is 6.40. The zero-order chi connectivity index (χ0) is 23.9. The van der Waals surface area contributed by atoms with Crippen LogP contribution in [-0.4, -0.2) is 45.2 Å². The largest absolute Gasteiger partial charge is 0.495 e. The second kappa shape index (κ2) is 8.61. The Bertz CT molecular complexity index is 1270. The molecule has 2 aromatic carbocycles. The van der Waals surface area contributed by atoms with Gasteiger partial charge in [-0.15, -0.1) is 0 Å². The van der Waals surface area contributed by atoms with Gasteiger partial charge in [-0.3, -0.25) is 0 Å². The molecule has 1 fully saturated rings. The highest BCUT2D eigenvalue weighted by Gasteiger charge is 2.53. The van der Waals surface area contributed by atoms with Crippen molar-refractivity contribution in [3.05, 3.63) is 83.2 Å². The van der Waals surface area contributed by atoms with Crippen LogP contribution in [0.4, 0.5) is 4.39 Å². The smallest absolute Gasteiger partial charge is 0.262 e. The van der Waals surface area contributed by atoms with Crippen LogP contribution >= 0.6 is 0 Å². The van der Waals surface area contributed by atoms with Gasteiger partial charge < -0.3 is 24.1 Å². The van der Waals surface area contributed by atoms with Crippen LogP contribution in [0.2, 0.25) is 0 Å². The predicted molar refractivity (Wildman–Crippen MR) is 127 cm³/mol. The van der Waals surface area contributed by atoms with Crippen LogP contribution in [0.5, 0.6) is 5.75 Å². The summed E-state index contributed by atoms with van der Waals surface area (Å²) in [6, 6.07) is 12.0. The minimum absolute atomic E-state index is 0.342. The molecule has 0 amide bonds. The van der Waals surface area contributed by atoms with Crippen LogP contribution < -0.4 is 4.74 Å². The van der Waals surface area contributed by atoms with Crippen molar-refractivity contribution >= 4 is 11.9 Å². The number of fused-ring (bicyclic) bond motifs is 1. The highest BCUT2D eigenvalue weighted by Crippen LogP contribution is 2.43. The Kier molecular flexibility index (Phi) is 5.61. The maximum Gasteiger partial charge on any atom is 0.262 e. The van der Waals surface area contributed by atoms with E-state index in [0.29, 0.717) is 17.9 Å². The van der Waals surface area contributed by atoms with Gasteiger partial charge in [0.1, 0.15) is 17.7 Å². The van der Waals surface area contributed by atoms with E-state index in [1.165, 1.54) is 12.1 Å². The number of hydrogen-bond donors (Lipinski definition) is 1. The third kappa shape index (κ3) is 3.64. The lowest BCUT2D eigenvalue weighted by Gasteiger charge is -2.41. The summed E-state index contributed by atoms with van der Waals surface area (Å²) in [4.78, 5) is 12.2. The first-order chi connectivity index (χ1) is 16.4. The number of benzene rings is 2. The number of methoxy groups -OCH3 is 1. The number of amidine groups is 1. The highest BCUT2D eigenvalue weighted by atomic mass is 19.1. The zero-order valence-electron chi connectivity index (χ0n) is 19.4. The predicted octanol–water partition coefficient (Wildman–Crippen LogP) is 4.39. The van der Waals surface area contributed by atoms with E-state index in [9.17, 15) is 9.50 Å². The fourth-order valence-corrected chi connectivity index (χ4v) is 4.74. The molecular weight excluding hydrogens is 435 g/mol. The van der Waals surface area contributed by atoms with Crippen molar-refractivity contribution in [2.75, 3.05) is 13.7 Å². The van der Waals surface area contributed by atoms with Gasteiger partial charge in [0, 0.05) is 18.3 Å². The van der Waals surface area contributed by atoms with E-state index in [4.69, 9.17) is 9.57 Å². The molecule has 1 N–H and O–H groups in total. The highest BCUT2D eigenvalue weighted by molar-refractivity contribution is 6.03. The molecule has 1 saturated heterocycles. The van der Waals surface area contributed by atoms with Crippen molar-refractivity contribution in [1.29, 1.82) is 0 Å². The third-order valence-corrected chi connectivity index (χ3v) is 6.40. The lowest BCUT2D eigenvalue weighted by Crippen LogP contribution is -2.54. The summed E-state index contributed by atoms with van der Waals surface area (Å²) < 4.78 is 21.1. The number of aromatic nitrogens is 2. The molecule has 0 saturated carbocycles. The van der Waals surface area contributed by atoms with Gasteiger partial charge in [0.15, 0.2) is 5.84 Å². The zero-order valence-corrected chi connectivity index (χ0v) is 19.4. The minimum atomic E-state index is -1.19. The van der Waals surface area contributed by atoms with Gasteiger partial charge in [0.25, 0.3) is 5.72 Å². The summed E-state index contributed by atoms with van der Waals surface area (Å²) >= 11 is 0. The maximum atomic E-state index is 13.6. The van der Waals surface area contributed by atoms with Crippen LogP contribution in [0.3, 0.4) is 0 Å². The molecule has 0 radical (unpaired) electrons. The number of imidazole rings is 1. The van der Waals surface area contributed by atoms with Crippen LogP contribution in [0.15, 0.2) is 65.7 Å². The Morgan fingerprint density at radius 1 is 1.24 bits per heavy atom. The molecule has 2 aliphatic rings. The van der Waals surface area contributed by atoms with Gasteiger partial charge >= 0.3 is 0 Å². The van der Waals surface area contributed by atoms with Gasteiger partial charge in [-0.1, -0.05) is 11.2 Å². The van der Waals surface area contributed by atoms with E-state index in [1.807, 2.05) is 40.8 Å². The fourth-order valence-electron chi connectivity index (χ4n) is 4.74. The number of piperidine rings is 1. The first kappa shape index (κ1) is 22.2. The molecule has 3 heterocycles. The number of oxime groups is 1. The summed E-state index contributed by atoms with van der Waals surface area (Å²) in [6.07, 6.45) is 6.58. The van der Waals surface area contributed by atoms with Crippen molar-refractivity contribution in [2.24, 2.45) is 5.16 Å². The van der Waals surface area contributed by atoms with Gasteiger partial charge in [-0.25, -0.2) is 9.37 Å². The molecule has 0 aliphatic carbocycles. The van der Waals surface area contributed by atoms with E-state index in [0.717, 1.165) is 41.1 Å². The number of halogens is 1. The number of aryl methyl sites for hydroxylation is 1. The summed E-state index contributed by atoms with van der Waals surface area (Å²) in [6.45, 7) is 4.28. The number of hydrogen-bond acceptors (Lipinski definition) is 6. The molecule has 0 spiro atoms. The average Bonchev–Trinajstić information content (AvgIpc) is 3.44. The summed E-state index contributed by atoms with van der Waals surface area (Å²) in [7, 11) is 1.65. The molecular formula is C26H27FN4O3.